The lowest BCUT2D eigenvalue weighted by molar-refractivity contribution is -0.385. The van der Waals surface area contributed by atoms with E-state index in [-0.39, 0.29) is 16.8 Å². The first kappa shape index (κ1) is 21.7. The number of rotatable bonds is 6. The van der Waals surface area contributed by atoms with Crippen LogP contribution in [0.5, 0.6) is 0 Å². The average molecular weight is 492 g/mol. The highest BCUT2D eigenvalue weighted by Gasteiger charge is 2.41. The van der Waals surface area contributed by atoms with E-state index in [1.165, 1.54) is 53.4 Å². The molecule has 2 heterocycles. The second-order valence-corrected chi connectivity index (χ2v) is 9.50. The van der Waals surface area contributed by atoms with E-state index in [0.717, 1.165) is 19.5 Å². The van der Waals surface area contributed by atoms with Gasteiger partial charge in [0.15, 0.2) is 4.34 Å². The first-order chi connectivity index (χ1) is 16.3. The monoisotopic (exact) mass is 492 g/mol. The molecule has 168 valence electrons. The molecule has 0 spiro atoms. The molecule has 1 aromatic heterocycles. The number of hydrogen-bond acceptors (Lipinski definition) is 9. The summed E-state index contributed by atoms with van der Waals surface area (Å²) in [6.07, 6.45) is 0. The first-order valence-corrected chi connectivity index (χ1v) is 11.6. The average Bonchev–Trinajstić information content (AvgIpc) is 3.35. The van der Waals surface area contributed by atoms with Crippen molar-refractivity contribution in [3.63, 3.8) is 0 Å². The Bertz CT molecular complexity index is 1520. The number of carbonyl (C=O) groups is 2. The SMILES string of the molecule is O=C1c2cccc([N+](=O)[O-])c2C(=O)N1c1ccc2nc(SCc3ccc([N+](=O)[O-])cc3)sc2c1. The largest absolute Gasteiger partial charge is 0.283 e. The molecule has 5 rings (SSSR count). The van der Waals surface area contributed by atoms with Crippen molar-refractivity contribution in [2.45, 2.75) is 10.1 Å². The number of hydrogen-bond donors (Lipinski definition) is 0. The van der Waals surface area contributed by atoms with Crippen LogP contribution < -0.4 is 4.90 Å². The van der Waals surface area contributed by atoms with E-state index in [9.17, 15) is 29.8 Å². The molecule has 0 fully saturated rings. The highest BCUT2D eigenvalue weighted by atomic mass is 32.2. The number of imide groups is 1. The number of non-ortho nitro benzene ring substituents is 1. The normalized spacial score (nSPS) is 12.9. The number of nitro benzene ring substituents is 2. The van der Waals surface area contributed by atoms with Gasteiger partial charge in [0.25, 0.3) is 23.2 Å². The van der Waals surface area contributed by atoms with Crippen molar-refractivity contribution in [1.82, 2.24) is 4.98 Å². The van der Waals surface area contributed by atoms with Gasteiger partial charge in [-0.05, 0) is 29.8 Å². The van der Waals surface area contributed by atoms with Crippen LogP contribution in [-0.2, 0) is 5.75 Å². The predicted molar refractivity (Wildman–Crippen MR) is 127 cm³/mol. The van der Waals surface area contributed by atoms with Crippen molar-refractivity contribution >= 4 is 62.2 Å². The first-order valence-electron chi connectivity index (χ1n) is 9.76. The molecule has 0 N–H and O–H groups in total. The summed E-state index contributed by atoms with van der Waals surface area (Å²) in [5.74, 6) is -0.781. The van der Waals surface area contributed by atoms with Crippen LogP contribution in [0.4, 0.5) is 17.1 Å². The molecular weight excluding hydrogens is 480 g/mol. The summed E-state index contributed by atoms with van der Waals surface area (Å²) in [7, 11) is 0. The smallest absolute Gasteiger partial charge is 0.268 e. The van der Waals surface area contributed by atoms with Crippen molar-refractivity contribution in [1.29, 1.82) is 0 Å². The summed E-state index contributed by atoms with van der Waals surface area (Å²) in [6.45, 7) is 0. The van der Waals surface area contributed by atoms with Gasteiger partial charge in [-0.1, -0.05) is 30.0 Å². The third-order valence-electron chi connectivity index (χ3n) is 5.21. The van der Waals surface area contributed by atoms with Crippen LogP contribution in [-0.4, -0.2) is 26.6 Å². The lowest BCUT2D eigenvalue weighted by Gasteiger charge is -2.13. The van der Waals surface area contributed by atoms with Gasteiger partial charge in [0.05, 0.1) is 31.3 Å². The molecule has 10 nitrogen and oxygen atoms in total. The molecule has 0 saturated carbocycles. The summed E-state index contributed by atoms with van der Waals surface area (Å²) >= 11 is 2.84. The maximum atomic E-state index is 12.9. The van der Waals surface area contributed by atoms with E-state index in [1.807, 2.05) is 0 Å². The zero-order chi connectivity index (χ0) is 24.0. The molecule has 0 saturated heterocycles. The van der Waals surface area contributed by atoms with Crippen LogP contribution in [0.25, 0.3) is 10.2 Å². The number of thioether (sulfide) groups is 1. The molecule has 0 atom stereocenters. The van der Waals surface area contributed by atoms with Gasteiger partial charge in [-0.25, -0.2) is 9.88 Å². The van der Waals surface area contributed by atoms with Crippen LogP contribution in [0.3, 0.4) is 0 Å². The van der Waals surface area contributed by atoms with E-state index in [0.29, 0.717) is 17.0 Å². The van der Waals surface area contributed by atoms with Crippen LogP contribution >= 0.6 is 23.1 Å². The Morgan fingerprint density at radius 2 is 1.71 bits per heavy atom. The van der Waals surface area contributed by atoms with Crippen LogP contribution in [0.2, 0.25) is 0 Å². The third kappa shape index (κ3) is 3.68. The van der Waals surface area contributed by atoms with Gasteiger partial charge < -0.3 is 0 Å². The standard InChI is InChI=1S/C22H12N4O6S2/c27-20-15-2-1-3-17(26(31)32)19(15)21(28)24(20)14-8-9-16-18(10-14)34-22(23-16)33-11-12-4-6-13(7-5-12)25(29)30/h1-10H,11H2. The molecule has 3 aromatic carbocycles. The Kier molecular flexibility index (Phi) is 5.30. The molecule has 0 bridgehead atoms. The molecule has 1 aliphatic rings. The minimum Gasteiger partial charge on any atom is -0.268 e. The summed E-state index contributed by atoms with van der Waals surface area (Å²) < 4.78 is 1.50. The van der Waals surface area contributed by atoms with Gasteiger partial charge in [0.2, 0.25) is 0 Å². The minimum absolute atomic E-state index is 0.00273. The number of fused-ring (bicyclic) bond motifs is 2. The molecular formula is C22H12N4O6S2. The van der Waals surface area contributed by atoms with Crippen molar-refractivity contribution < 1.29 is 19.4 Å². The van der Waals surface area contributed by atoms with Crippen molar-refractivity contribution in [3.8, 4) is 0 Å². The van der Waals surface area contributed by atoms with Gasteiger partial charge in [-0.3, -0.25) is 29.8 Å². The second-order valence-electron chi connectivity index (χ2n) is 7.25. The molecule has 2 amide bonds. The molecule has 0 aliphatic carbocycles. The summed E-state index contributed by atoms with van der Waals surface area (Å²) in [5, 5.41) is 22.1. The fraction of sp³-hybridized carbons (Fsp3) is 0.0455. The number of carbonyl (C=O) groups excluding carboxylic acids is 2. The quantitative estimate of drug-likeness (QED) is 0.155. The van der Waals surface area contributed by atoms with Gasteiger partial charge in [0, 0.05) is 24.0 Å². The van der Waals surface area contributed by atoms with Crippen molar-refractivity contribution in [3.05, 3.63) is 97.6 Å². The Morgan fingerprint density at radius 3 is 2.41 bits per heavy atom. The van der Waals surface area contributed by atoms with Crippen molar-refractivity contribution in [2.75, 3.05) is 4.90 Å². The lowest BCUT2D eigenvalue weighted by atomic mass is 10.1. The molecule has 1 aliphatic heterocycles. The second kappa shape index (κ2) is 8.32. The Hall–Kier alpha value is -4.16. The molecule has 0 radical (unpaired) electrons. The summed E-state index contributed by atoms with van der Waals surface area (Å²) in [5.41, 5.74) is 1.32. The minimum atomic E-state index is -0.732. The van der Waals surface area contributed by atoms with E-state index in [2.05, 4.69) is 4.98 Å². The fourth-order valence-corrected chi connectivity index (χ4v) is 5.66. The Morgan fingerprint density at radius 1 is 0.941 bits per heavy atom. The van der Waals surface area contributed by atoms with Gasteiger partial charge in [0.1, 0.15) is 5.56 Å². The number of aromatic nitrogens is 1. The third-order valence-corrected chi connectivity index (χ3v) is 7.44. The zero-order valence-electron chi connectivity index (χ0n) is 17.0. The number of thiazole rings is 1. The molecule has 34 heavy (non-hydrogen) atoms. The van der Waals surface area contributed by atoms with Crippen molar-refractivity contribution in [2.24, 2.45) is 0 Å². The van der Waals surface area contributed by atoms with E-state index in [4.69, 9.17) is 0 Å². The Labute approximate surface area is 199 Å². The van der Waals surface area contributed by atoms with Gasteiger partial charge in [-0.2, -0.15) is 0 Å². The summed E-state index contributed by atoms with van der Waals surface area (Å²) in [6, 6.07) is 15.2. The fourth-order valence-electron chi connectivity index (χ4n) is 3.61. The number of nitro groups is 2. The molecule has 12 heteroatoms. The van der Waals surface area contributed by atoms with Crippen LogP contribution in [0.15, 0.2) is 65.0 Å². The zero-order valence-corrected chi connectivity index (χ0v) is 18.7. The van der Waals surface area contributed by atoms with E-state index >= 15 is 0 Å². The van der Waals surface area contributed by atoms with E-state index in [1.54, 1.807) is 30.3 Å². The maximum Gasteiger partial charge on any atom is 0.283 e. The Balaban J connectivity index is 1.39. The predicted octanol–water partition coefficient (Wildman–Crippen LogP) is 5.21. The molecule has 4 aromatic rings. The highest BCUT2D eigenvalue weighted by molar-refractivity contribution is 8.00. The van der Waals surface area contributed by atoms with E-state index < -0.39 is 27.3 Å². The van der Waals surface area contributed by atoms with Gasteiger partial charge in [-0.15, -0.1) is 11.3 Å². The summed E-state index contributed by atoms with van der Waals surface area (Å²) in [4.78, 5) is 52.3. The number of nitrogens with zero attached hydrogens (tertiary/aromatic N) is 4. The highest BCUT2D eigenvalue weighted by Crippen LogP contribution is 2.37. The number of benzene rings is 3. The number of amides is 2. The molecule has 0 unspecified atom stereocenters. The van der Waals surface area contributed by atoms with Gasteiger partial charge >= 0.3 is 0 Å². The lowest BCUT2D eigenvalue weighted by Crippen LogP contribution is -2.29. The van der Waals surface area contributed by atoms with Crippen LogP contribution in [0.1, 0.15) is 26.3 Å². The number of anilines is 1. The topological polar surface area (TPSA) is 137 Å². The van der Waals surface area contributed by atoms with Crippen LogP contribution in [0, 0.1) is 20.2 Å². The maximum absolute atomic E-state index is 12.9.